The van der Waals surface area contributed by atoms with E-state index in [0.29, 0.717) is 19.6 Å². The lowest BCUT2D eigenvalue weighted by molar-refractivity contribution is -0.137. The van der Waals surface area contributed by atoms with Crippen molar-refractivity contribution in [2.75, 3.05) is 32.7 Å². The molecule has 0 radical (unpaired) electrons. The molecule has 2 bridgehead atoms. The van der Waals surface area contributed by atoms with Gasteiger partial charge in [0.15, 0.2) is 0 Å². The number of hydrogen-bond acceptors (Lipinski definition) is 3. The van der Waals surface area contributed by atoms with E-state index in [1.165, 1.54) is 5.56 Å². The lowest BCUT2D eigenvalue weighted by atomic mass is 9.99. The van der Waals surface area contributed by atoms with Crippen LogP contribution in [-0.4, -0.2) is 66.7 Å². The number of nitrogens with zero attached hydrogens (tertiary/aromatic N) is 2. The van der Waals surface area contributed by atoms with Gasteiger partial charge in [-0.15, -0.1) is 0 Å². The predicted octanol–water partition coefficient (Wildman–Crippen LogP) is 1.65. The fourth-order valence-electron chi connectivity index (χ4n) is 4.33. The zero-order valence-corrected chi connectivity index (χ0v) is 15.1. The van der Waals surface area contributed by atoms with Crippen LogP contribution in [0.15, 0.2) is 30.3 Å². The Hall–Kier alpha value is -2.08. The number of likely N-dealkylation sites (tertiary alicyclic amines) is 2. The number of morpholine rings is 1. The molecule has 3 heterocycles. The summed E-state index contributed by atoms with van der Waals surface area (Å²) < 4.78 is 5.98. The van der Waals surface area contributed by atoms with Gasteiger partial charge in [-0.2, -0.15) is 0 Å². The molecule has 1 aromatic carbocycles. The minimum Gasteiger partial charge on any atom is -0.370 e. The fourth-order valence-corrected chi connectivity index (χ4v) is 4.33. The molecule has 0 aromatic heterocycles. The van der Waals surface area contributed by atoms with E-state index in [9.17, 15) is 9.59 Å². The molecule has 3 fully saturated rings. The summed E-state index contributed by atoms with van der Waals surface area (Å²) in [5.74, 6) is 0.140. The van der Waals surface area contributed by atoms with Crippen LogP contribution in [0.4, 0.5) is 4.79 Å². The van der Waals surface area contributed by atoms with Gasteiger partial charge in [-0.1, -0.05) is 30.3 Å². The molecule has 0 spiro atoms. The van der Waals surface area contributed by atoms with Gasteiger partial charge in [0.2, 0.25) is 5.91 Å². The van der Waals surface area contributed by atoms with Gasteiger partial charge in [-0.25, -0.2) is 4.79 Å². The Morgan fingerprint density at radius 2 is 1.85 bits per heavy atom. The van der Waals surface area contributed by atoms with Gasteiger partial charge in [0.05, 0.1) is 18.1 Å². The molecule has 0 saturated carbocycles. The number of fused-ring (bicyclic) bond motifs is 2. The maximum Gasteiger partial charge on any atom is 0.317 e. The number of carbonyl (C=O) groups excluding carboxylic acids is 2. The molecule has 6 heteroatoms. The highest BCUT2D eigenvalue weighted by Crippen LogP contribution is 2.33. The van der Waals surface area contributed by atoms with E-state index in [2.05, 4.69) is 17.4 Å². The Bertz CT molecular complexity index is 645. The number of carbonyl (C=O) groups is 2. The number of urea groups is 1. The van der Waals surface area contributed by atoms with Gasteiger partial charge in [0.1, 0.15) is 0 Å². The van der Waals surface area contributed by atoms with Crippen molar-refractivity contribution in [3.63, 3.8) is 0 Å². The molecule has 1 N–H and O–H groups in total. The minimum atomic E-state index is -0.151. The average molecular weight is 357 g/mol. The van der Waals surface area contributed by atoms with E-state index >= 15 is 0 Å². The standard InChI is InChI=1S/C20H27N3O3/c24-19(22-10-4-5-11-22)17-12-16-13-23(14-18(17)26-16)20(25)21-9-8-15-6-2-1-3-7-15/h1-3,6-7,16-18H,4-5,8-14H2,(H,21,25)/t16-,17+,18-/m0/s1. The maximum absolute atomic E-state index is 12.7. The minimum absolute atomic E-state index is 0.00910. The van der Waals surface area contributed by atoms with Crippen LogP contribution in [0, 0.1) is 5.92 Å². The molecule has 3 aliphatic heterocycles. The highest BCUT2D eigenvalue weighted by Gasteiger charge is 2.47. The lowest BCUT2D eigenvalue weighted by Crippen LogP contribution is -2.51. The quantitative estimate of drug-likeness (QED) is 0.891. The van der Waals surface area contributed by atoms with E-state index < -0.39 is 0 Å². The first-order valence-electron chi connectivity index (χ1n) is 9.71. The van der Waals surface area contributed by atoms with Crippen molar-refractivity contribution in [1.82, 2.24) is 15.1 Å². The lowest BCUT2D eigenvalue weighted by Gasteiger charge is -2.33. The molecule has 3 saturated heterocycles. The number of nitrogens with one attached hydrogen (secondary N) is 1. The first-order chi connectivity index (χ1) is 12.7. The van der Waals surface area contributed by atoms with Crippen molar-refractivity contribution in [2.24, 2.45) is 5.92 Å². The van der Waals surface area contributed by atoms with E-state index in [4.69, 9.17) is 4.74 Å². The van der Waals surface area contributed by atoms with Gasteiger partial charge in [0.25, 0.3) is 0 Å². The molecule has 26 heavy (non-hydrogen) atoms. The van der Waals surface area contributed by atoms with Gasteiger partial charge in [-0.3, -0.25) is 4.79 Å². The molecule has 4 rings (SSSR count). The molecule has 1 aromatic rings. The van der Waals surface area contributed by atoms with Crippen molar-refractivity contribution in [1.29, 1.82) is 0 Å². The number of rotatable bonds is 4. The second-order valence-electron chi connectivity index (χ2n) is 7.54. The molecule has 0 unspecified atom stereocenters. The second-order valence-corrected chi connectivity index (χ2v) is 7.54. The third-order valence-electron chi connectivity index (χ3n) is 5.71. The smallest absolute Gasteiger partial charge is 0.317 e. The van der Waals surface area contributed by atoms with Crippen molar-refractivity contribution >= 4 is 11.9 Å². The zero-order chi connectivity index (χ0) is 17.9. The third kappa shape index (κ3) is 3.70. The van der Waals surface area contributed by atoms with Crippen LogP contribution in [0.1, 0.15) is 24.8 Å². The van der Waals surface area contributed by atoms with Crippen LogP contribution >= 0.6 is 0 Å². The summed E-state index contributed by atoms with van der Waals surface area (Å²) in [7, 11) is 0. The van der Waals surface area contributed by atoms with E-state index in [1.807, 2.05) is 28.0 Å². The molecule has 140 valence electrons. The topological polar surface area (TPSA) is 61.9 Å². The Morgan fingerprint density at radius 3 is 2.62 bits per heavy atom. The summed E-state index contributed by atoms with van der Waals surface area (Å²) in [6, 6.07) is 10.1. The number of benzene rings is 1. The second kappa shape index (κ2) is 7.66. The monoisotopic (exact) mass is 357 g/mol. The summed E-state index contributed by atoms with van der Waals surface area (Å²) in [5.41, 5.74) is 1.21. The summed E-state index contributed by atoms with van der Waals surface area (Å²) in [4.78, 5) is 29.0. The molecule has 3 aliphatic rings. The normalized spacial score (nSPS) is 27.6. The van der Waals surface area contributed by atoms with Gasteiger partial charge >= 0.3 is 6.03 Å². The van der Waals surface area contributed by atoms with Crippen molar-refractivity contribution < 1.29 is 14.3 Å². The van der Waals surface area contributed by atoms with Crippen LogP contribution in [0.25, 0.3) is 0 Å². The Kier molecular flexibility index (Phi) is 5.11. The predicted molar refractivity (Wildman–Crippen MR) is 97.7 cm³/mol. The average Bonchev–Trinajstić information content (AvgIpc) is 3.30. The maximum atomic E-state index is 12.7. The van der Waals surface area contributed by atoms with Crippen molar-refractivity contribution in [3.8, 4) is 0 Å². The van der Waals surface area contributed by atoms with Crippen molar-refractivity contribution in [2.45, 2.75) is 37.9 Å². The van der Waals surface area contributed by atoms with Crippen LogP contribution in [0.2, 0.25) is 0 Å². The largest absolute Gasteiger partial charge is 0.370 e. The van der Waals surface area contributed by atoms with E-state index in [-0.39, 0.29) is 30.1 Å². The van der Waals surface area contributed by atoms with Crippen LogP contribution in [0.3, 0.4) is 0 Å². The van der Waals surface area contributed by atoms with E-state index in [1.54, 1.807) is 0 Å². The number of amides is 3. The third-order valence-corrected chi connectivity index (χ3v) is 5.71. The SMILES string of the molecule is O=C(NCCc1ccccc1)N1C[C@@H]2C[C@@H](C(=O)N3CCCC3)[C@H](C1)O2. The number of hydrogen-bond donors (Lipinski definition) is 1. The highest BCUT2D eigenvalue weighted by molar-refractivity contribution is 5.80. The zero-order valence-electron chi connectivity index (χ0n) is 15.1. The molecule has 6 nitrogen and oxygen atoms in total. The Balaban J connectivity index is 1.28. The summed E-state index contributed by atoms with van der Waals surface area (Å²) in [6.07, 6.45) is 3.60. The Labute approximate surface area is 154 Å². The number of ether oxygens (including phenoxy) is 1. The highest BCUT2D eigenvalue weighted by atomic mass is 16.5. The van der Waals surface area contributed by atoms with E-state index in [0.717, 1.165) is 38.8 Å². The van der Waals surface area contributed by atoms with Crippen LogP contribution in [0.5, 0.6) is 0 Å². The summed E-state index contributed by atoms with van der Waals surface area (Å²) in [6.45, 7) is 3.45. The van der Waals surface area contributed by atoms with Crippen molar-refractivity contribution in [3.05, 3.63) is 35.9 Å². The molecule has 0 aliphatic carbocycles. The summed E-state index contributed by atoms with van der Waals surface area (Å²) in [5, 5.41) is 3.01. The first-order valence-corrected chi connectivity index (χ1v) is 9.71. The first kappa shape index (κ1) is 17.3. The summed E-state index contributed by atoms with van der Waals surface area (Å²) >= 11 is 0. The molecular formula is C20H27N3O3. The van der Waals surface area contributed by atoms with Crippen LogP contribution < -0.4 is 5.32 Å². The van der Waals surface area contributed by atoms with Crippen LogP contribution in [-0.2, 0) is 16.0 Å². The fraction of sp³-hybridized carbons (Fsp3) is 0.600. The van der Waals surface area contributed by atoms with Gasteiger partial charge < -0.3 is 19.9 Å². The molecular weight excluding hydrogens is 330 g/mol. The molecule has 3 atom stereocenters. The van der Waals surface area contributed by atoms with Gasteiger partial charge in [-0.05, 0) is 31.2 Å². The Morgan fingerprint density at radius 1 is 1.08 bits per heavy atom. The molecule has 3 amide bonds. The van der Waals surface area contributed by atoms with Gasteiger partial charge in [0, 0.05) is 32.7 Å².